The molecular formula is C12H12N2O2S2. The highest BCUT2D eigenvalue weighted by molar-refractivity contribution is 7.94. The van der Waals surface area contributed by atoms with Crippen LogP contribution in [0.1, 0.15) is 5.56 Å². The zero-order valence-electron chi connectivity index (χ0n) is 9.51. The van der Waals surface area contributed by atoms with E-state index in [9.17, 15) is 8.42 Å². The third-order valence-electron chi connectivity index (χ3n) is 2.83. The van der Waals surface area contributed by atoms with Gasteiger partial charge in [-0.2, -0.15) is 0 Å². The number of benzene rings is 1. The highest BCUT2D eigenvalue weighted by atomic mass is 32.2. The molecule has 6 heteroatoms. The smallest absolute Gasteiger partial charge is 0.271 e. The van der Waals surface area contributed by atoms with Crippen molar-refractivity contribution in [3.8, 4) is 0 Å². The Morgan fingerprint density at radius 3 is 2.94 bits per heavy atom. The van der Waals surface area contributed by atoms with E-state index in [1.165, 1.54) is 11.3 Å². The first kappa shape index (κ1) is 11.6. The van der Waals surface area contributed by atoms with E-state index in [-0.39, 0.29) is 0 Å². The van der Waals surface area contributed by atoms with Crippen LogP contribution in [0.15, 0.2) is 39.9 Å². The van der Waals surface area contributed by atoms with Crippen LogP contribution in [0.25, 0.3) is 0 Å². The highest BCUT2D eigenvalue weighted by Gasteiger charge is 2.16. The van der Waals surface area contributed by atoms with Crippen molar-refractivity contribution in [2.75, 3.05) is 16.6 Å². The highest BCUT2D eigenvalue weighted by Crippen LogP contribution is 2.27. The predicted molar refractivity (Wildman–Crippen MR) is 73.8 cm³/mol. The molecule has 1 aliphatic heterocycles. The molecule has 0 amide bonds. The molecule has 0 radical (unpaired) electrons. The molecule has 0 fully saturated rings. The first-order valence-corrected chi connectivity index (χ1v) is 7.94. The summed E-state index contributed by atoms with van der Waals surface area (Å²) in [4.78, 5) is 0. The van der Waals surface area contributed by atoms with E-state index >= 15 is 0 Å². The minimum Gasteiger partial charge on any atom is -0.384 e. The van der Waals surface area contributed by atoms with Crippen LogP contribution in [-0.4, -0.2) is 15.0 Å². The molecule has 18 heavy (non-hydrogen) atoms. The Hall–Kier alpha value is -1.53. The Balaban J connectivity index is 1.89. The third-order valence-corrected chi connectivity index (χ3v) is 5.61. The molecule has 0 spiro atoms. The summed E-state index contributed by atoms with van der Waals surface area (Å²) in [5.41, 5.74) is 2.86. The summed E-state index contributed by atoms with van der Waals surface area (Å²) < 4.78 is 27.0. The zero-order valence-corrected chi connectivity index (χ0v) is 11.1. The summed E-state index contributed by atoms with van der Waals surface area (Å²) in [7, 11) is -3.44. The first-order valence-electron chi connectivity index (χ1n) is 5.58. The molecule has 4 nitrogen and oxygen atoms in total. The molecule has 94 valence electrons. The predicted octanol–water partition coefficient (Wildman–Crippen LogP) is 2.52. The lowest BCUT2D eigenvalue weighted by Gasteiger charge is -2.08. The molecule has 2 aromatic rings. The van der Waals surface area contributed by atoms with Crippen LogP contribution in [0, 0.1) is 0 Å². The molecule has 0 unspecified atom stereocenters. The lowest BCUT2D eigenvalue weighted by Crippen LogP contribution is -2.11. The van der Waals surface area contributed by atoms with Gasteiger partial charge in [-0.05, 0) is 41.6 Å². The maximum absolute atomic E-state index is 12.0. The standard InChI is InChI=1S/C12H12N2O2S2/c15-18(16,12-2-1-7-17-12)14-10-3-4-11-9(8-10)5-6-13-11/h1-4,7-8,13-14H,5-6H2. The van der Waals surface area contributed by atoms with Gasteiger partial charge in [0.25, 0.3) is 10.0 Å². The van der Waals surface area contributed by atoms with Gasteiger partial charge in [-0.25, -0.2) is 8.42 Å². The average Bonchev–Trinajstić information content (AvgIpc) is 2.99. The number of hydrogen-bond acceptors (Lipinski definition) is 4. The molecule has 2 N–H and O–H groups in total. The third kappa shape index (κ3) is 2.09. The van der Waals surface area contributed by atoms with Gasteiger partial charge in [0.15, 0.2) is 0 Å². The summed E-state index contributed by atoms with van der Waals surface area (Å²) in [6, 6.07) is 8.91. The maximum Gasteiger partial charge on any atom is 0.271 e. The number of rotatable bonds is 3. The molecule has 0 saturated heterocycles. The molecule has 0 bridgehead atoms. The van der Waals surface area contributed by atoms with Gasteiger partial charge < -0.3 is 5.32 Å². The lowest BCUT2D eigenvalue weighted by molar-refractivity contribution is 0.603. The average molecular weight is 280 g/mol. The first-order chi connectivity index (χ1) is 8.65. The van der Waals surface area contributed by atoms with Gasteiger partial charge in [-0.3, -0.25) is 4.72 Å². The molecular weight excluding hydrogens is 268 g/mol. The fourth-order valence-corrected chi connectivity index (χ4v) is 4.03. The monoisotopic (exact) mass is 280 g/mol. The van der Waals surface area contributed by atoms with Gasteiger partial charge in [-0.1, -0.05) is 6.07 Å². The molecule has 0 atom stereocenters. The van der Waals surface area contributed by atoms with Crippen LogP contribution >= 0.6 is 11.3 Å². The normalized spacial score (nSPS) is 14.0. The van der Waals surface area contributed by atoms with E-state index in [4.69, 9.17) is 0 Å². The number of fused-ring (bicyclic) bond motifs is 1. The fourth-order valence-electron chi connectivity index (χ4n) is 1.99. The lowest BCUT2D eigenvalue weighted by atomic mass is 10.1. The van der Waals surface area contributed by atoms with Crippen molar-refractivity contribution < 1.29 is 8.42 Å². The van der Waals surface area contributed by atoms with Gasteiger partial charge in [0, 0.05) is 17.9 Å². The van der Waals surface area contributed by atoms with Crippen molar-refractivity contribution >= 4 is 32.7 Å². The van der Waals surface area contributed by atoms with Crippen LogP contribution in [-0.2, 0) is 16.4 Å². The minimum absolute atomic E-state index is 0.334. The van der Waals surface area contributed by atoms with E-state index in [2.05, 4.69) is 10.0 Å². The van der Waals surface area contributed by atoms with Crippen LogP contribution in [0.3, 0.4) is 0 Å². The number of nitrogens with one attached hydrogen (secondary N) is 2. The summed E-state index contributed by atoms with van der Waals surface area (Å²) in [5.74, 6) is 0. The van der Waals surface area contributed by atoms with Crippen LogP contribution in [0.5, 0.6) is 0 Å². The fraction of sp³-hybridized carbons (Fsp3) is 0.167. The number of sulfonamides is 1. The molecule has 0 aliphatic carbocycles. The summed E-state index contributed by atoms with van der Waals surface area (Å²) in [5, 5.41) is 4.99. The van der Waals surface area contributed by atoms with Crippen molar-refractivity contribution in [1.82, 2.24) is 0 Å². The number of anilines is 2. The number of thiophene rings is 1. The van der Waals surface area contributed by atoms with Crippen LogP contribution in [0.2, 0.25) is 0 Å². The van der Waals surface area contributed by atoms with E-state index in [0.717, 1.165) is 24.2 Å². The van der Waals surface area contributed by atoms with Gasteiger partial charge >= 0.3 is 0 Å². The molecule has 1 aromatic carbocycles. The van der Waals surface area contributed by atoms with Gasteiger partial charge in [0.1, 0.15) is 4.21 Å². The van der Waals surface area contributed by atoms with Crippen LogP contribution < -0.4 is 10.0 Å². The van der Waals surface area contributed by atoms with Crippen molar-refractivity contribution in [3.05, 3.63) is 41.3 Å². The Morgan fingerprint density at radius 1 is 1.28 bits per heavy atom. The Kier molecular flexibility index (Phi) is 2.76. The van der Waals surface area contributed by atoms with Crippen molar-refractivity contribution in [3.63, 3.8) is 0 Å². The SMILES string of the molecule is O=S(=O)(Nc1ccc2c(c1)CCN2)c1cccs1. The quantitative estimate of drug-likeness (QED) is 0.908. The van der Waals surface area contributed by atoms with Gasteiger partial charge in [0.05, 0.1) is 0 Å². The summed E-state index contributed by atoms with van der Waals surface area (Å²) in [6.45, 7) is 0.913. The molecule has 1 aliphatic rings. The Labute approximate surface area is 110 Å². The minimum atomic E-state index is -3.44. The summed E-state index contributed by atoms with van der Waals surface area (Å²) >= 11 is 1.21. The van der Waals surface area contributed by atoms with Crippen molar-refractivity contribution in [2.24, 2.45) is 0 Å². The molecule has 2 heterocycles. The molecule has 0 saturated carbocycles. The maximum atomic E-state index is 12.0. The summed E-state index contributed by atoms with van der Waals surface area (Å²) in [6.07, 6.45) is 0.934. The van der Waals surface area contributed by atoms with Gasteiger partial charge in [-0.15, -0.1) is 11.3 Å². The Bertz CT molecular complexity index is 663. The largest absolute Gasteiger partial charge is 0.384 e. The molecule has 1 aromatic heterocycles. The van der Waals surface area contributed by atoms with Gasteiger partial charge in [0.2, 0.25) is 0 Å². The molecule has 3 rings (SSSR count). The van der Waals surface area contributed by atoms with E-state index < -0.39 is 10.0 Å². The van der Waals surface area contributed by atoms with Crippen LogP contribution in [0.4, 0.5) is 11.4 Å². The zero-order chi connectivity index (χ0) is 12.6. The van der Waals surface area contributed by atoms with E-state index in [0.29, 0.717) is 9.90 Å². The topological polar surface area (TPSA) is 58.2 Å². The number of hydrogen-bond donors (Lipinski definition) is 2. The van der Waals surface area contributed by atoms with Crippen molar-refractivity contribution in [1.29, 1.82) is 0 Å². The van der Waals surface area contributed by atoms with E-state index in [1.54, 1.807) is 23.6 Å². The van der Waals surface area contributed by atoms with E-state index in [1.807, 2.05) is 12.1 Å². The second-order valence-corrected chi connectivity index (χ2v) is 6.94. The van der Waals surface area contributed by atoms with Crippen molar-refractivity contribution in [2.45, 2.75) is 10.6 Å². The second kappa shape index (κ2) is 4.29. The Morgan fingerprint density at radius 2 is 2.17 bits per heavy atom. The second-order valence-electron chi connectivity index (χ2n) is 4.09.